The van der Waals surface area contributed by atoms with Crippen LogP contribution in [0.4, 0.5) is 4.39 Å². The highest BCUT2D eigenvalue weighted by Crippen LogP contribution is 2.15. The fraction of sp³-hybridized carbons (Fsp3) is 0. The van der Waals surface area contributed by atoms with Gasteiger partial charge in [0.25, 0.3) is 0 Å². The van der Waals surface area contributed by atoms with E-state index >= 15 is 0 Å². The lowest BCUT2D eigenvalue weighted by Crippen LogP contribution is -1.93. The van der Waals surface area contributed by atoms with Crippen LogP contribution in [-0.2, 0) is 0 Å². The van der Waals surface area contributed by atoms with E-state index in [-0.39, 0.29) is 16.7 Å². The lowest BCUT2D eigenvalue weighted by Gasteiger charge is -1.98. The maximum atomic E-state index is 13.0. The Hall–Kier alpha value is -2.31. The zero-order valence-electron chi connectivity index (χ0n) is 6.50. The van der Waals surface area contributed by atoms with E-state index in [1.807, 2.05) is 5.92 Å². The lowest BCUT2D eigenvalue weighted by atomic mass is 10.0. The van der Waals surface area contributed by atoms with E-state index in [9.17, 15) is 4.39 Å². The van der Waals surface area contributed by atoms with Crippen molar-refractivity contribution in [3.8, 4) is 24.5 Å². The van der Waals surface area contributed by atoms with Crippen LogP contribution < -0.4 is 0 Å². The van der Waals surface area contributed by atoms with Gasteiger partial charge < -0.3 is 0 Å². The Morgan fingerprint density at radius 2 is 1.85 bits per heavy atom. The zero-order valence-corrected chi connectivity index (χ0v) is 6.50. The van der Waals surface area contributed by atoms with Gasteiger partial charge in [-0.25, -0.2) is 4.39 Å². The second-order valence-corrected chi connectivity index (χ2v) is 2.21. The fourth-order valence-corrected chi connectivity index (χ4v) is 0.928. The molecule has 13 heavy (non-hydrogen) atoms. The fourth-order valence-electron chi connectivity index (χ4n) is 0.928. The van der Waals surface area contributed by atoms with Crippen molar-refractivity contribution in [1.29, 1.82) is 10.5 Å². The minimum absolute atomic E-state index is 0.0787. The highest BCUT2D eigenvalue weighted by Gasteiger charge is 2.10. The second-order valence-electron chi connectivity index (χ2n) is 2.21. The summed E-state index contributed by atoms with van der Waals surface area (Å²) in [6, 6.07) is 5.77. The predicted molar refractivity (Wildman–Crippen MR) is 43.8 cm³/mol. The Morgan fingerprint density at radius 1 is 1.15 bits per heavy atom. The van der Waals surface area contributed by atoms with Crippen molar-refractivity contribution in [3.63, 3.8) is 0 Å². The summed E-state index contributed by atoms with van der Waals surface area (Å²) in [5.74, 6) is 1.39. The lowest BCUT2D eigenvalue weighted by molar-refractivity contribution is 0.623. The van der Waals surface area contributed by atoms with Crippen molar-refractivity contribution in [2.75, 3.05) is 0 Å². The van der Waals surface area contributed by atoms with Gasteiger partial charge in [-0.15, -0.1) is 6.42 Å². The summed E-state index contributed by atoms with van der Waals surface area (Å²) in [5, 5.41) is 17.2. The van der Waals surface area contributed by atoms with Gasteiger partial charge in [-0.2, -0.15) is 10.5 Å². The summed E-state index contributed by atoms with van der Waals surface area (Å²) in [4.78, 5) is 0. The monoisotopic (exact) mass is 170 g/mol. The quantitative estimate of drug-likeness (QED) is 0.554. The molecule has 0 atom stereocenters. The molecule has 2 nitrogen and oxygen atoms in total. The average molecular weight is 170 g/mol. The average Bonchev–Trinajstić information content (AvgIpc) is 2.17. The van der Waals surface area contributed by atoms with E-state index in [1.54, 1.807) is 12.1 Å². The Bertz CT molecular complexity index is 469. The van der Waals surface area contributed by atoms with E-state index in [1.165, 1.54) is 6.07 Å². The zero-order chi connectivity index (χ0) is 9.84. The van der Waals surface area contributed by atoms with Crippen molar-refractivity contribution in [2.45, 2.75) is 0 Å². The maximum Gasteiger partial charge on any atom is 0.140 e. The maximum absolute atomic E-state index is 13.0. The molecule has 1 rings (SSSR count). The second kappa shape index (κ2) is 3.39. The number of benzene rings is 1. The van der Waals surface area contributed by atoms with E-state index in [0.29, 0.717) is 0 Å². The molecule has 3 heteroatoms. The highest BCUT2D eigenvalue weighted by molar-refractivity contribution is 5.56. The van der Waals surface area contributed by atoms with Gasteiger partial charge in [0.1, 0.15) is 18.0 Å². The summed E-state index contributed by atoms with van der Waals surface area (Å²) < 4.78 is 13.0. The Balaban J connectivity index is 3.63. The summed E-state index contributed by atoms with van der Waals surface area (Å²) >= 11 is 0. The van der Waals surface area contributed by atoms with Crippen LogP contribution >= 0.6 is 0 Å². The smallest absolute Gasteiger partial charge is 0.140 e. The van der Waals surface area contributed by atoms with Crippen LogP contribution in [-0.4, -0.2) is 0 Å². The molecule has 0 saturated heterocycles. The normalized spacial score (nSPS) is 8.15. The number of hydrogen-bond donors (Lipinski definition) is 0. The number of rotatable bonds is 0. The van der Waals surface area contributed by atoms with E-state index in [4.69, 9.17) is 16.9 Å². The first kappa shape index (κ1) is 8.78. The number of nitrogens with zero attached hydrogens (tertiary/aromatic N) is 2. The largest absolute Gasteiger partial charge is 0.206 e. The van der Waals surface area contributed by atoms with E-state index < -0.39 is 5.82 Å². The van der Waals surface area contributed by atoms with Crippen LogP contribution in [0.25, 0.3) is 0 Å². The van der Waals surface area contributed by atoms with Crippen LogP contribution in [0.1, 0.15) is 16.7 Å². The molecule has 0 radical (unpaired) electrons. The molecule has 0 heterocycles. The molecule has 0 saturated carbocycles. The van der Waals surface area contributed by atoms with Crippen molar-refractivity contribution in [1.82, 2.24) is 0 Å². The third kappa shape index (κ3) is 1.34. The summed E-state index contributed by atoms with van der Waals surface area (Å²) in [5.41, 5.74) is -0.136. The Kier molecular flexibility index (Phi) is 2.29. The van der Waals surface area contributed by atoms with Gasteiger partial charge in [0.2, 0.25) is 0 Å². The SMILES string of the molecule is C#Cc1c(F)ccc(C#N)c1C#N. The summed E-state index contributed by atoms with van der Waals surface area (Å²) in [6.07, 6.45) is 5.00. The van der Waals surface area contributed by atoms with Crippen LogP contribution in [0.5, 0.6) is 0 Å². The molecule has 0 fully saturated rings. The first-order valence-corrected chi connectivity index (χ1v) is 3.34. The van der Waals surface area contributed by atoms with Crippen LogP contribution in [0.3, 0.4) is 0 Å². The molecule has 60 valence electrons. The van der Waals surface area contributed by atoms with Crippen molar-refractivity contribution in [3.05, 3.63) is 34.6 Å². The van der Waals surface area contributed by atoms with Crippen LogP contribution in [0, 0.1) is 40.8 Å². The molecule has 0 aliphatic heterocycles. The van der Waals surface area contributed by atoms with Gasteiger partial charge in [-0.1, -0.05) is 5.92 Å². The Morgan fingerprint density at radius 3 is 2.31 bits per heavy atom. The molecule has 0 spiro atoms. The molecule has 0 N–H and O–H groups in total. The molecule has 0 aliphatic rings. The van der Waals surface area contributed by atoms with E-state index in [2.05, 4.69) is 0 Å². The molecule has 0 aliphatic carbocycles. The summed E-state index contributed by atoms with van der Waals surface area (Å²) in [7, 11) is 0. The predicted octanol–water partition coefficient (Wildman–Crippen LogP) is 1.55. The van der Waals surface area contributed by atoms with Crippen LogP contribution in [0.15, 0.2) is 12.1 Å². The van der Waals surface area contributed by atoms with Gasteiger partial charge in [0, 0.05) is 0 Å². The molecule has 0 bridgehead atoms. The standard InChI is InChI=1S/C10H3FN2/c1-2-8-9(6-13)7(5-12)3-4-10(8)11/h1,3-4H. The minimum atomic E-state index is -0.655. The molecule has 1 aromatic rings. The third-order valence-corrected chi connectivity index (χ3v) is 1.53. The molecule has 0 amide bonds. The number of nitriles is 2. The number of halogens is 1. The topological polar surface area (TPSA) is 47.6 Å². The first-order valence-electron chi connectivity index (χ1n) is 3.34. The highest BCUT2D eigenvalue weighted by atomic mass is 19.1. The third-order valence-electron chi connectivity index (χ3n) is 1.53. The van der Waals surface area contributed by atoms with Gasteiger partial charge in [-0.05, 0) is 12.1 Å². The molecule has 0 aromatic heterocycles. The Labute approximate surface area is 74.8 Å². The number of terminal acetylenes is 1. The van der Waals surface area contributed by atoms with E-state index in [0.717, 1.165) is 6.07 Å². The van der Waals surface area contributed by atoms with Gasteiger partial charge in [0.15, 0.2) is 0 Å². The first-order chi connectivity index (χ1) is 6.24. The van der Waals surface area contributed by atoms with Crippen LogP contribution in [0.2, 0.25) is 0 Å². The minimum Gasteiger partial charge on any atom is -0.206 e. The molecule has 0 unspecified atom stereocenters. The van der Waals surface area contributed by atoms with Gasteiger partial charge >= 0.3 is 0 Å². The molecular weight excluding hydrogens is 167 g/mol. The van der Waals surface area contributed by atoms with Crippen molar-refractivity contribution >= 4 is 0 Å². The van der Waals surface area contributed by atoms with Crippen molar-refractivity contribution in [2.24, 2.45) is 0 Å². The van der Waals surface area contributed by atoms with Crippen molar-refractivity contribution < 1.29 is 4.39 Å². The van der Waals surface area contributed by atoms with Gasteiger partial charge in [0.05, 0.1) is 16.7 Å². The number of hydrogen-bond acceptors (Lipinski definition) is 2. The molecule has 1 aromatic carbocycles. The summed E-state index contributed by atoms with van der Waals surface area (Å²) in [6.45, 7) is 0. The van der Waals surface area contributed by atoms with Gasteiger partial charge in [-0.3, -0.25) is 0 Å². The molecular formula is C10H3FN2.